The number of primary amides is 1. The molecule has 4 nitrogen and oxygen atoms in total. The van der Waals surface area contributed by atoms with Crippen LogP contribution in [0.15, 0.2) is 0 Å². The summed E-state index contributed by atoms with van der Waals surface area (Å²) in [5.74, 6) is 0. The molecular formula is C10H23N3O. The van der Waals surface area contributed by atoms with Crippen molar-refractivity contribution in [3.05, 3.63) is 0 Å². The minimum atomic E-state index is -0.293. The third-order valence-electron chi connectivity index (χ3n) is 2.36. The maximum absolute atomic E-state index is 10.8. The van der Waals surface area contributed by atoms with Gasteiger partial charge in [0.2, 0.25) is 0 Å². The van der Waals surface area contributed by atoms with Gasteiger partial charge in [0, 0.05) is 32.2 Å². The minimum Gasteiger partial charge on any atom is -0.351 e. The number of carbonyl (C=O) groups is 1. The van der Waals surface area contributed by atoms with E-state index in [1.807, 2.05) is 13.8 Å². The first-order chi connectivity index (χ1) is 6.61. The molecule has 0 saturated carbocycles. The van der Waals surface area contributed by atoms with Gasteiger partial charge in [-0.1, -0.05) is 13.8 Å². The molecule has 84 valence electrons. The van der Waals surface area contributed by atoms with E-state index in [4.69, 9.17) is 5.73 Å². The lowest BCUT2D eigenvalue weighted by molar-refractivity contribution is 0.123. The topological polar surface area (TPSA) is 49.6 Å². The molecule has 2 amide bonds. The van der Waals surface area contributed by atoms with Crippen LogP contribution in [0.4, 0.5) is 4.79 Å². The molecule has 2 N–H and O–H groups in total. The number of nitrogens with zero attached hydrogens (tertiary/aromatic N) is 2. The largest absolute Gasteiger partial charge is 0.351 e. The van der Waals surface area contributed by atoms with E-state index in [0.29, 0.717) is 6.04 Å². The molecule has 0 aromatic heterocycles. The average Bonchev–Trinajstić information content (AvgIpc) is 2.21. The number of urea groups is 1. The van der Waals surface area contributed by atoms with E-state index in [1.165, 1.54) is 0 Å². The minimum absolute atomic E-state index is 0.293. The number of rotatable bonds is 1. The second-order valence-electron chi connectivity index (χ2n) is 3.46. The standard InChI is InChI=1S/C8H17N3O.C2H6/c1-7(2)10-3-5-11(6-4-10)8(9)12;1-2/h7H,3-6H2,1-2H3,(H2,9,12);1-2H3. The third kappa shape index (κ3) is 3.96. The Morgan fingerprint density at radius 3 is 1.86 bits per heavy atom. The highest BCUT2D eigenvalue weighted by Crippen LogP contribution is 2.04. The van der Waals surface area contributed by atoms with Crippen LogP contribution in [0.2, 0.25) is 0 Å². The second-order valence-corrected chi connectivity index (χ2v) is 3.46. The van der Waals surface area contributed by atoms with Crippen molar-refractivity contribution in [2.45, 2.75) is 33.7 Å². The van der Waals surface area contributed by atoms with Crippen LogP contribution >= 0.6 is 0 Å². The zero-order valence-corrected chi connectivity index (χ0v) is 9.79. The number of carbonyl (C=O) groups excluding carboxylic acids is 1. The molecule has 4 heteroatoms. The monoisotopic (exact) mass is 201 g/mol. The fourth-order valence-corrected chi connectivity index (χ4v) is 1.46. The van der Waals surface area contributed by atoms with E-state index < -0.39 is 0 Å². The molecule has 0 bridgehead atoms. The summed E-state index contributed by atoms with van der Waals surface area (Å²) in [6, 6.07) is 0.276. The van der Waals surface area contributed by atoms with Gasteiger partial charge in [0.05, 0.1) is 0 Å². The smallest absolute Gasteiger partial charge is 0.314 e. The molecule has 0 aromatic carbocycles. The van der Waals surface area contributed by atoms with Gasteiger partial charge in [0.15, 0.2) is 0 Å². The summed E-state index contributed by atoms with van der Waals surface area (Å²) < 4.78 is 0. The third-order valence-corrected chi connectivity index (χ3v) is 2.36. The lowest BCUT2D eigenvalue weighted by Crippen LogP contribution is -2.52. The molecule has 1 heterocycles. The number of piperazine rings is 1. The van der Waals surface area contributed by atoms with E-state index in [9.17, 15) is 4.79 Å². The van der Waals surface area contributed by atoms with Gasteiger partial charge in [-0.2, -0.15) is 0 Å². The van der Waals surface area contributed by atoms with Crippen LogP contribution in [0.1, 0.15) is 27.7 Å². The van der Waals surface area contributed by atoms with E-state index in [0.717, 1.165) is 26.2 Å². The zero-order valence-electron chi connectivity index (χ0n) is 9.79. The van der Waals surface area contributed by atoms with Crippen molar-refractivity contribution in [2.75, 3.05) is 26.2 Å². The van der Waals surface area contributed by atoms with Crippen molar-refractivity contribution >= 4 is 6.03 Å². The van der Waals surface area contributed by atoms with Gasteiger partial charge in [-0.05, 0) is 13.8 Å². The Kier molecular flexibility index (Phi) is 6.28. The first-order valence-electron chi connectivity index (χ1n) is 5.39. The van der Waals surface area contributed by atoms with Gasteiger partial charge in [0.25, 0.3) is 0 Å². The molecule has 0 unspecified atom stereocenters. The molecule has 0 atom stereocenters. The maximum atomic E-state index is 10.8. The van der Waals surface area contributed by atoms with Gasteiger partial charge < -0.3 is 10.6 Å². The normalized spacial score (nSPS) is 17.6. The summed E-state index contributed by atoms with van der Waals surface area (Å²) >= 11 is 0. The van der Waals surface area contributed by atoms with Gasteiger partial charge in [-0.3, -0.25) is 4.90 Å². The Labute approximate surface area is 87.0 Å². The van der Waals surface area contributed by atoms with Crippen molar-refractivity contribution in [3.63, 3.8) is 0 Å². The van der Waals surface area contributed by atoms with Crippen LogP contribution in [0.3, 0.4) is 0 Å². The van der Waals surface area contributed by atoms with Crippen LogP contribution in [0.5, 0.6) is 0 Å². The quantitative estimate of drug-likeness (QED) is 0.691. The molecule has 0 radical (unpaired) electrons. The lowest BCUT2D eigenvalue weighted by atomic mass is 10.2. The highest BCUT2D eigenvalue weighted by Gasteiger charge is 2.20. The summed E-state index contributed by atoms with van der Waals surface area (Å²) in [5.41, 5.74) is 5.16. The average molecular weight is 201 g/mol. The second kappa shape index (κ2) is 6.65. The lowest BCUT2D eigenvalue weighted by Gasteiger charge is -2.35. The van der Waals surface area contributed by atoms with Crippen LogP contribution in [0.25, 0.3) is 0 Å². The predicted molar refractivity (Wildman–Crippen MR) is 59.2 cm³/mol. The maximum Gasteiger partial charge on any atom is 0.314 e. The zero-order chi connectivity index (χ0) is 11.1. The molecule has 1 aliphatic heterocycles. The van der Waals surface area contributed by atoms with E-state index in [-0.39, 0.29) is 6.03 Å². The fourth-order valence-electron chi connectivity index (χ4n) is 1.46. The number of amides is 2. The molecule has 0 aliphatic carbocycles. The Morgan fingerprint density at radius 2 is 1.57 bits per heavy atom. The van der Waals surface area contributed by atoms with Crippen LogP contribution in [-0.2, 0) is 0 Å². The summed E-state index contributed by atoms with van der Waals surface area (Å²) in [4.78, 5) is 14.8. The van der Waals surface area contributed by atoms with Crippen LogP contribution in [-0.4, -0.2) is 48.1 Å². The van der Waals surface area contributed by atoms with E-state index >= 15 is 0 Å². The first kappa shape index (κ1) is 13.2. The van der Waals surface area contributed by atoms with Gasteiger partial charge in [-0.25, -0.2) is 4.79 Å². The van der Waals surface area contributed by atoms with Crippen LogP contribution in [0, 0.1) is 0 Å². The van der Waals surface area contributed by atoms with Crippen molar-refractivity contribution < 1.29 is 4.79 Å². The van der Waals surface area contributed by atoms with Crippen molar-refractivity contribution in [1.29, 1.82) is 0 Å². The highest BCUT2D eigenvalue weighted by atomic mass is 16.2. The van der Waals surface area contributed by atoms with Gasteiger partial charge in [-0.15, -0.1) is 0 Å². The Hall–Kier alpha value is -0.770. The Morgan fingerprint density at radius 1 is 1.14 bits per heavy atom. The molecular weight excluding hydrogens is 178 g/mol. The molecule has 14 heavy (non-hydrogen) atoms. The highest BCUT2D eigenvalue weighted by molar-refractivity contribution is 5.72. The van der Waals surface area contributed by atoms with Crippen molar-refractivity contribution in [1.82, 2.24) is 9.80 Å². The summed E-state index contributed by atoms with van der Waals surface area (Å²) in [5, 5.41) is 0. The molecule has 1 rings (SSSR count). The summed E-state index contributed by atoms with van der Waals surface area (Å²) in [6.45, 7) is 11.8. The van der Waals surface area contributed by atoms with E-state index in [1.54, 1.807) is 4.90 Å². The van der Waals surface area contributed by atoms with E-state index in [2.05, 4.69) is 18.7 Å². The number of hydrogen-bond donors (Lipinski definition) is 1. The molecule has 1 saturated heterocycles. The van der Waals surface area contributed by atoms with Gasteiger partial charge >= 0.3 is 6.03 Å². The van der Waals surface area contributed by atoms with Crippen LogP contribution < -0.4 is 5.73 Å². The molecule has 0 aromatic rings. The Balaban J connectivity index is 0.000000791. The first-order valence-corrected chi connectivity index (χ1v) is 5.39. The van der Waals surface area contributed by atoms with Crippen molar-refractivity contribution in [2.24, 2.45) is 5.73 Å². The van der Waals surface area contributed by atoms with Crippen molar-refractivity contribution in [3.8, 4) is 0 Å². The fraction of sp³-hybridized carbons (Fsp3) is 0.900. The molecule has 1 aliphatic rings. The SMILES string of the molecule is CC.CC(C)N1CCN(C(N)=O)CC1. The number of nitrogens with two attached hydrogens (primary N) is 1. The number of hydrogen-bond acceptors (Lipinski definition) is 2. The predicted octanol–water partition coefficient (Wildman–Crippen LogP) is 1.12. The molecule has 1 fully saturated rings. The molecule has 0 spiro atoms. The van der Waals surface area contributed by atoms with Gasteiger partial charge in [0.1, 0.15) is 0 Å². The summed E-state index contributed by atoms with van der Waals surface area (Å²) in [7, 11) is 0. The summed E-state index contributed by atoms with van der Waals surface area (Å²) in [6.07, 6.45) is 0. The Bertz CT molecular complexity index is 163.